The van der Waals surface area contributed by atoms with Crippen LogP contribution in [0.1, 0.15) is 44.9 Å². The molecule has 2 rings (SSSR count). The van der Waals surface area contributed by atoms with Crippen LogP contribution < -0.4 is 5.32 Å². The molecule has 1 N–H and O–H groups in total. The van der Waals surface area contributed by atoms with Crippen LogP contribution in [0.15, 0.2) is 4.99 Å². The van der Waals surface area contributed by atoms with Crippen molar-refractivity contribution in [1.29, 1.82) is 5.26 Å². The maximum atomic E-state index is 9.08. The summed E-state index contributed by atoms with van der Waals surface area (Å²) in [5.74, 6) is 1.27. The quantitative estimate of drug-likeness (QED) is 0.715. The fraction of sp³-hybridized carbons (Fsp3) is 0.846. The summed E-state index contributed by atoms with van der Waals surface area (Å²) in [5, 5.41) is 12.3. The third kappa shape index (κ3) is 3.84. The number of hydrogen-bond donors (Lipinski definition) is 1. The molecular weight excluding hydrogens is 198 g/mol. The van der Waals surface area contributed by atoms with Gasteiger partial charge >= 0.3 is 0 Å². The third-order valence-electron chi connectivity index (χ3n) is 3.64. The molecule has 0 radical (unpaired) electrons. The zero-order valence-corrected chi connectivity index (χ0v) is 9.86. The second kappa shape index (κ2) is 5.89. The van der Waals surface area contributed by atoms with Crippen LogP contribution >= 0.6 is 0 Å². The van der Waals surface area contributed by atoms with E-state index in [1.54, 1.807) is 6.34 Å². The molecule has 0 aromatic carbocycles. The smallest absolute Gasteiger partial charge is 0.0827 e. The van der Waals surface area contributed by atoms with Gasteiger partial charge in [0.2, 0.25) is 0 Å². The zero-order chi connectivity index (χ0) is 11.2. The minimum Gasteiger partial charge on any atom is -0.372 e. The highest BCUT2D eigenvalue weighted by Gasteiger charge is 2.21. The lowest BCUT2D eigenvalue weighted by Gasteiger charge is -2.12. The van der Waals surface area contributed by atoms with E-state index in [1.807, 2.05) is 0 Å². The van der Waals surface area contributed by atoms with Crippen molar-refractivity contribution in [3.63, 3.8) is 0 Å². The molecule has 1 aliphatic heterocycles. The van der Waals surface area contributed by atoms with Gasteiger partial charge in [-0.2, -0.15) is 5.26 Å². The molecule has 2 unspecified atom stereocenters. The van der Waals surface area contributed by atoms with Crippen LogP contribution in [-0.4, -0.2) is 18.9 Å². The highest BCUT2D eigenvalue weighted by atomic mass is 15.0. The van der Waals surface area contributed by atoms with Gasteiger partial charge in [0.05, 0.1) is 19.0 Å². The van der Waals surface area contributed by atoms with E-state index < -0.39 is 0 Å². The van der Waals surface area contributed by atoms with Gasteiger partial charge < -0.3 is 5.32 Å². The van der Waals surface area contributed by atoms with E-state index in [0.29, 0.717) is 6.04 Å². The third-order valence-corrected chi connectivity index (χ3v) is 3.64. The molecule has 3 heteroatoms. The topological polar surface area (TPSA) is 48.2 Å². The summed E-state index contributed by atoms with van der Waals surface area (Å²) >= 11 is 0. The van der Waals surface area contributed by atoms with E-state index in [4.69, 9.17) is 5.26 Å². The van der Waals surface area contributed by atoms with Crippen molar-refractivity contribution in [3.8, 4) is 6.07 Å². The molecule has 1 aliphatic carbocycles. The Bertz CT molecular complexity index is 267. The van der Waals surface area contributed by atoms with Crippen molar-refractivity contribution in [2.45, 2.75) is 51.0 Å². The molecule has 0 bridgehead atoms. The summed E-state index contributed by atoms with van der Waals surface area (Å²) in [4.78, 5) is 4.14. The summed E-state index contributed by atoms with van der Waals surface area (Å²) < 4.78 is 0. The van der Waals surface area contributed by atoms with Crippen LogP contribution in [0.5, 0.6) is 0 Å². The van der Waals surface area contributed by atoms with E-state index >= 15 is 0 Å². The Morgan fingerprint density at radius 1 is 1.38 bits per heavy atom. The van der Waals surface area contributed by atoms with E-state index in [-0.39, 0.29) is 5.92 Å². The molecular formula is C13H21N3. The predicted octanol–water partition coefficient (Wildman–Crippen LogP) is 2.49. The molecule has 1 saturated carbocycles. The van der Waals surface area contributed by atoms with Gasteiger partial charge in [-0.05, 0) is 25.2 Å². The van der Waals surface area contributed by atoms with Crippen LogP contribution in [0.4, 0.5) is 0 Å². The minimum atomic E-state index is 0.265. The molecule has 1 fully saturated rings. The average Bonchev–Trinajstić information content (AvgIpc) is 2.97. The SMILES string of the molecule is N#CC(CCCC1CC1)CCC1CN=CN1. The Kier molecular flexibility index (Phi) is 4.21. The lowest BCUT2D eigenvalue weighted by Crippen LogP contribution is -2.25. The van der Waals surface area contributed by atoms with Crippen LogP contribution in [-0.2, 0) is 0 Å². The lowest BCUT2D eigenvalue weighted by atomic mass is 9.95. The standard InChI is InChI=1S/C13H21N3/c14-8-12(3-1-2-11-4-5-11)6-7-13-9-15-10-16-13/h10-13H,1-7,9H2,(H,15,16). The molecule has 0 amide bonds. The Morgan fingerprint density at radius 2 is 2.25 bits per heavy atom. The van der Waals surface area contributed by atoms with Gasteiger partial charge in [0.15, 0.2) is 0 Å². The van der Waals surface area contributed by atoms with Crippen molar-refractivity contribution in [2.24, 2.45) is 16.8 Å². The van der Waals surface area contributed by atoms with Crippen LogP contribution in [0.3, 0.4) is 0 Å². The Morgan fingerprint density at radius 3 is 2.88 bits per heavy atom. The van der Waals surface area contributed by atoms with Crippen LogP contribution in [0, 0.1) is 23.2 Å². The first-order valence-electron chi connectivity index (χ1n) is 6.52. The fourth-order valence-corrected chi connectivity index (χ4v) is 2.30. The molecule has 0 spiro atoms. The molecule has 0 aromatic heterocycles. The number of nitrogens with zero attached hydrogens (tertiary/aromatic N) is 2. The lowest BCUT2D eigenvalue weighted by molar-refractivity contribution is 0.459. The summed E-state index contributed by atoms with van der Waals surface area (Å²) in [6.45, 7) is 0.889. The monoisotopic (exact) mass is 219 g/mol. The van der Waals surface area contributed by atoms with Gasteiger partial charge in [-0.1, -0.05) is 25.7 Å². The summed E-state index contributed by atoms with van der Waals surface area (Å²) in [5.41, 5.74) is 0. The molecule has 2 aliphatic rings. The minimum absolute atomic E-state index is 0.265. The molecule has 3 nitrogen and oxygen atoms in total. The second-order valence-electron chi connectivity index (χ2n) is 5.14. The van der Waals surface area contributed by atoms with E-state index in [9.17, 15) is 0 Å². The number of nitrogens with one attached hydrogen (secondary N) is 1. The predicted molar refractivity (Wildman–Crippen MR) is 65.2 cm³/mol. The summed E-state index contributed by atoms with van der Waals surface area (Å²) in [6, 6.07) is 2.94. The summed E-state index contributed by atoms with van der Waals surface area (Å²) in [6.07, 6.45) is 10.5. The number of nitriles is 1. The Hall–Kier alpha value is -1.04. The maximum Gasteiger partial charge on any atom is 0.0827 e. The molecule has 2 atom stereocenters. The highest BCUT2D eigenvalue weighted by molar-refractivity contribution is 5.57. The molecule has 16 heavy (non-hydrogen) atoms. The number of rotatable bonds is 7. The average molecular weight is 219 g/mol. The van der Waals surface area contributed by atoms with Gasteiger partial charge in [-0.15, -0.1) is 0 Å². The molecule has 0 aromatic rings. The zero-order valence-electron chi connectivity index (χ0n) is 9.86. The van der Waals surface area contributed by atoms with Crippen molar-refractivity contribution < 1.29 is 0 Å². The first-order valence-corrected chi connectivity index (χ1v) is 6.52. The highest BCUT2D eigenvalue weighted by Crippen LogP contribution is 2.34. The normalized spacial score (nSPS) is 25.1. The van der Waals surface area contributed by atoms with Crippen molar-refractivity contribution >= 4 is 6.34 Å². The largest absolute Gasteiger partial charge is 0.372 e. The number of aliphatic imine (C=N–C) groups is 1. The van der Waals surface area contributed by atoms with Gasteiger partial charge in [0, 0.05) is 12.0 Å². The van der Waals surface area contributed by atoms with E-state index in [1.165, 1.54) is 25.7 Å². The molecule has 1 heterocycles. The van der Waals surface area contributed by atoms with E-state index in [0.717, 1.165) is 31.7 Å². The fourth-order valence-electron chi connectivity index (χ4n) is 2.30. The van der Waals surface area contributed by atoms with Crippen molar-refractivity contribution in [2.75, 3.05) is 6.54 Å². The molecule has 88 valence electrons. The second-order valence-corrected chi connectivity index (χ2v) is 5.14. The van der Waals surface area contributed by atoms with Gasteiger partial charge in [0.25, 0.3) is 0 Å². The molecule has 0 saturated heterocycles. The number of hydrogen-bond acceptors (Lipinski definition) is 3. The van der Waals surface area contributed by atoms with Gasteiger partial charge in [-0.25, -0.2) is 0 Å². The van der Waals surface area contributed by atoms with Crippen molar-refractivity contribution in [1.82, 2.24) is 5.32 Å². The van der Waals surface area contributed by atoms with Gasteiger partial charge in [-0.3, -0.25) is 4.99 Å². The van der Waals surface area contributed by atoms with E-state index in [2.05, 4.69) is 16.4 Å². The van der Waals surface area contributed by atoms with Crippen molar-refractivity contribution in [3.05, 3.63) is 0 Å². The van der Waals surface area contributed by atoms with Gasteiger partial charge in [0.1, 0.15) is 0 Å². The first-order chi connectivity index (χ1) is 7.88. The van der Waals surface area contributed by atoms with Crippen LogP contribution in [0.25, 0.3) is 0 Å². The Balaban J connectivity index is 1.55. The maximum absolute atomic E-state index is 9.08. The first kappa shape index (κ1) is 11.4. The Labute approximate surface area is 97.9 Å². The van der Waals surface area contributed by atoms with Crippen LogP contribution in [0.2, 0.25) is 0 Å². The summed E-state index contributed by atoms with van der Waals surface area (Å²) in [7, 11) is 0.